The molecule has 0 saturated carbocycles. The lowest BCUT2D eigenvalue weighted by molar-refractivity contribution is 0.104. The molecule has 0 spiro atoms. The van der Waals surface area contributed by atoms with Crippen LogP contribution in [-0.4, -0.2) is 36.2 Å². The van der Waals surface area contributed by atoms with Crippen LogP contribution in [0.1, 0.15) is 15.9 Å². The molecule has 2 N–H and O–H groups in total. The van der Waals surface area contributed by atoms with E-state index in [0.717, 1.165) is 9.13 Å². The molecule has 9 heteroatoms. The lowest BCUT2D eigenvalue weighted by Crippen LogP contribution is -2.41. The number of aromatic nitrogens is 2. The number of nitrogens with two attached hydrogens (primary N) is 1. The normalized spacial score (nSPS) is 10.9. The summed E-state index contributed by atoms with van der Waals surface area (Å²) in [6.07, 6.45) is 2.68. The smallest absolute Gasteiger partial charge is 0.332 e. The number of methoxy groups -OCH3 is 3. The van der Waals surface area contributed by atoms with Gasteiger partial charge in [0.2, 0.25) is 5.75 Å². The van der Waals surface area contributed by atoms with Crippen molar-refractivity contribution in [2.45, 2.75) is 0 Å². The number of hydrogen-bond donors (Lipinski definition) is 1. The standard InChI is InChI=1S/C18H21N3O6/c1-20-16(19)14(17(23)21(2)18(20)24)11(22)7-6-10-8-12(25-3)15(27-5)13(9-10)26-4/h6-9H,19H2,1-5H3/b7-6+. The molecule has 0 fully saturated rings. The van der Waals surface area contributed by atoms with Crippen LogP contribution in [0.2, 0.25) is 0 Å². The van der Waals surface area contributed by atoms with Crippen molar-refractivity contribution in [2.75, 3.05) is 27.1 Å². The minimum atomic E-state index is -0.754. The lowest BCUT2D eigenvalue weighted by atomic mass is 10.1. The van der Waals surface area contributed by atoms with Crippen molar-refractivity contribution in [3.63, 3.8) is 0 Å². The average molecular weight is 375 g/mol. The van der Waals surface area contributed by atoms with Crippen molar-refractivity contribution in [3.05, 3.63) is 50.2 Å². The van der Waals surface area contributed by atoms with Crippen molar-refractivity contribution >= 4 is 17.7 Å². The number of anilines is 1. The molecular formula is C18H21N3O6. The van der Waals surface area contributed by atoms with Gasteiger partial charge in [-0.25, -0.2) is 4.79 Å². The summed E-state index contributed by atoms with van der Waals surface area (Å²) in [5, 5.41) is 0. The van der Waals surface area contributed by atoms with Crippen LogP contribution in [0, 0.1) is 0 Å². The van der Waals surface area contributed by atoms with Crippen LogP contribution in [0.25, 0.3) is 6.08 Å². The second-order valence-corrected chi connectivity index (χ2v) is 5.62. The van der Waals surface area contributed by atoms with E-state index in [1.807, 2.05) is 0 Å². The number of carbonyl (C=O) groups excluding carboxylic acids is 1. The molecule has 0 aliphatic carbocycles. The Kier molecular flexibility index (Phi) is 5.74. The quantitative estimate of drug-likeness (QED) is 0.580. The maximum atomic E-state index is 12.5. The van der Waals surface area contributed by atoms with Crippen LogP contribution < -0.4 is 31.2 Å². The predicted octanol–water partition coefficient (Wildman–Crippen LogP) is 0.588. The molecule has 0 unspecified atom stereocenters. The number of ketones is 1. The van der Waals surface area contributed by atoms with Crippen LogP contribution in [-0.2, 0) is 14.1 Å². The molecule has 0 aliphatic heterocycles. The SMILES string of the molecule is COc1cc(/C=C/C(=O)c2c(N)n(C)c(=O)n(C)c2=O)cc(OC)c1OC. The second kappa shape index (κ2) is 7.81. The Morgan fingerprint density at radius 1 is 1.00 bits per heavy atom. The van der Waals surface area contributed by atoms with Crippen molar-refractivity contribution < 1.29 is 19.0 Å². The largest absolute Gasteiger partial charge is 0.493 e. The monoisotopic (exact) mass is 375 g/mol. The molecule has 0 atom stereocenters. The first-order valence-corrected chi connectivity index (χ1v) is 7.84. The van der Waals surface area contributed by atoms with Crippen molar-refractivity contribution in [3.8, 4) is 17.2 Å². The van der Waals surface area contributed by atoms with Gasteiger partial charge < -0.3 is 19.9 Å². The van der Waals surface area contributed by atoms with Gasteiger partial charge in [-0.3, -0.25) is 18.7 Å². The Hall–Kier alpha value is -3.49. The van der Waals surface area contributed by atoms with Gasteiger partial charge in [0.15, 0.2) is 17.3 Å². The van der Waals surface area contributed by atoms with E-state index in [4.69, 9.17) is 19.9 Å². The Bertz CT molecular complexity index is 1010. The highest BCUT2D eigenvalue weighted by molar-refractivity contribution is 6.09. The molecule has 0 bridgehead atoms. The zero-order valence-electron chi connectivity index (χ0n) is 15.7. The van der Waals surface area contributed by atoms with E-state index in [0.29, 0.717) is 22.8 Å². The molecule has 0 radical (unpaired) electrons. The van der Waals surface area contributed by atoms with E-state index in [2.05, 4.69) is 0 Å². The summed E-state index contributed by atoms with van der Waals surface area (Å²) in [5.74, 6) is 0.433. The topological polar surface area (TPSA) is 115 Å². The van der Waals surface area contributed by atoms with Crippen LogP contribution in [0.5, 0.6) is 17.2 Å². The van der Waals surface area contributed by atoms with Gasteiger partial charge in [0, 0.05) is 14.1 Å². The number of benzene rings is 1. The number of hydrogen-bond acceptors (Lipinski definition) is 7. The number of ether oxygens (including phenoxy) is 3. The summed E-state index contributed by atoms with van der Waals surface area (Å²) >= 11 is 0. The van der Waals surface area contributed by atoms with E-state index in [9.17, 15) is 14.4 Å². The molecule has 0 amide bonds. The Balaban J connectivity index is 2.50. The van der Waals surface area contributed by atoms with Gasteiger partial charge in [-0.05, 0) is 23.8 Å². The molecule has 0 saturated heterocycles. The zero-order valence-corrected chi connectivity index (χ0v) is 15.7. The van der Waals surface area contributed by atoms with Crippen LogP contribution >= 0.6 is 0 Å². The van der Waals surface area contributed by atoms with E-state index in [1.165, 1.54) is 47.6 Å². The van der Waals surface area contributed by atoms with Crippen LogP contribution in [0.3, 0.4) is 0 Å². The fourth-order valence-electron chi connectivity index (χ4n) is 2.54. The summed E-state index contributed by atoms with van der Waals surface area (Å²) in [4.78, 5) is 36.6. The summed E-state index contributed by atoms with van der Waals surface area (Å²) in [6.45, 7) is 0. The first-order chi connectivity index (χ1) is 12.8. The zero-order chi connectivity index (χ0) is 20.3. The van der Waals surface area contributed by atoms with Gasteiger partial charge in [-0.15, -0.1) is 0 Å². The number of allylic oxidation sites excluding steroid dienone is 1. The molecule has 0 aliphatic rings. The third-order valence-electron chi connectivity index (χ3n) is 4.07. The van der Waals surface area contributed by atoms with Crippen LogP contribution in [0.15, 0.2) is 27.8 Å². The summed E-state index contributed by atoms with van der Waals surface area (Å²) in [5.41, 5.74) is 4.73. The molecule has 1 aromatic carbocycles. The minimum absolute atomic E-state index is 0.192. The van der Waals surface area contributed by atoms with Gasteiger partial charge >= 0.3 is 5.69 Å². The Labute approximate surface area is 155 Å². The highest BCUT2D eigenvalue weighted by Crippen LogP contribution is 2.38. The Morgan fingerprint density at radius 2 is 1.56 bits per heavy atom. The number of rotatable bonds is 6. The highest BCUT2D eigenvalue weighted by atomic mass is 16.5. The predicted molar refractivity (Wildman–Crippen MR) is 101 cm³/mol. The number of nitrogen functional groups attached to an aromatic ring is 1. The summed E-state index contributed by atoms with van der Waals surface area (Å²) < 4.78 is 17.6. The number of nitrogens with zero attached hydrogens (tertiary/aromatic N) is 2. The van der Waals surface area contributed by atoms with Gasteiger partial charge in [-0.1, -0.05) is 6.08 Å². The van der Waals surface area contributed by atoms with Crippen LogP contribution in [0.4, 0.5) is 5.82 Å². The average Bonchev–Trinajstić information content (AvgIpc) is 2.68. The van der Waals surface area contributed by atoms with E-state index in [-0.39, 0.29) is 11.4 Å². The minimum Gasteiger partial charge on any atom is -0.493 e. The maximum absolute atomic E-state index is 12.5. The van der Waals surface area contributed by atoms with Gasteiger partial charge in [-0.2, -0.15) is 0 Å². The van der Waals surface area contributed by atoms with Gasteiger partial charge in [0.05, 0.1) is 21.3 Å². The maximum Gasteiger partial charge on any atom is 0.332 e. The summed E-state index contributed by atoms with van der Waals surface area (Å²) in [6, 6.07) is 3.29. The van der Waals surface area contributed by atoms with Crippen molar-refractivity contribution in [2.24, 2.45) is 14.1 Å². The molecule has 9 nitrogen and oxygen atoms in total. The third-order valence-corrected chi connectivity index (χ3v) is 4.07. The van der Waals surface area contributed by atoms with E-state index >= 15 is 0 Å². The van der Waals surface area contributed by atoms with Gasteiger partial charge in [0.1, 0.15) is 11.4 Å². The van der Waals surface area contributed by atoms with E-state index < -0.39 is 17.0 Å². The lowest BCUT2D eigenvalue weighted by Gasteiger charge is -2.13. The molecule has 27 heavy (non-hydrogen) atoms. The highest BCUT2D eigenvalue weighted by Gasteiger charge is 2.18. The fourth-order valence-corrected chi connectivity index (χ4v) is 2.54. The summed E-state index contributed by atoms with van der Waals surface area (Å²) in [7, 11) is 7.11. The van der Waals surface area contributed by atoms with Gasteiger partial charge in [0.25, 0.3) is 5.56 Å². The molecule has 1 aromatic heterocycles. The first kappa shape index (κ1) is 19.8. The molecule has 144 valence electrons. The molecule has 2 aromatic rings. The first-order valence-electron chi connectivity index (χ1n) is 7.84. The van der Waals surface area contributed by atoms with E-state index in [1.54, 1.807) is 12.1 Å². The molecule has 2 rings (SSSR count). The Morgan fingerprint density at radius 3 is 2.04 bits per heavy atom. The van der Waals surface area contributed by atoms with Crippen molar-refractivity contribution in [1.82, 2.24) is 9.13 Å². The second-order valence-electron chi connectivity index (χ2n) is 5.62. The third kappa shape index (κ3) is 3.57. The molecular weight excluding hydrogens is 354 g/mol. The van der Waals surface area contributed by atoms with Crippen molar-refractivity contribution in [1.29, 1.82) is 0 Å². The fraction of sp³-hybridized carbons (Fsp3) is 0.278. The molecule has 1 heterocycles. The number of carbonyl (C=O) groups is 1.